The van der Waals surface area contributed by atoms with Crippen LogP contribution >= 0.6 is 0 Å². The van der Waals surface area contributed by atoms with E-state index in [4.69, 9.17) is 0 Å². The Hall–Kier alpha value is -0.570. The molecule has 0 saturated heterocycles. The van der Waals surface area contributed by atoms with Crippen LogP contribution in [0.2, 0.25) is 0 Å². The predicted molar refractivity (Wildman–Crippen MR) is 46.5 cm³/mol. The van der Waals surface area contributed by atoms with Crippen LogP contribution in [0.4, 0.5) is 0 Å². The van der Waals surface area contributed by atoms with Gasteiger partial charge in [0.25, 0.3) is 0 Å². The highest BCUT2D eigenvalue weighted by molar-refractivity contribution is 5.68. The third-order valence-corrected chi connectivity index (χ3v) is 1.04. The molecule has 1 N–H and O–H groups in total. The summed E-state index contributed by atoms with van der Waals surface area (Å²) in [5.41, 5.74) is 0. The van der Waals surface area contributed by atoms with E-state index in [1.807, 2.05) is 20.9 Å². The summed E-state index contributed by atoms with van der Waals surface area (Å²) >= 11 is 0. The van der Waals surface area contributed by atoms with Crippen LogP contribution in [0.25, 0.3) is 0 Å². The molecule has 0 aliphatic carbocycles. The summed E-state index contributed by atoms with van der Waals surface area (Å²) in [5.74, 6) is -0.134. The van der Waals surface area contributed by atoms with E-state index in [2.05, 4.69) is 10.1 Å². The van der Waals surface area contributed by atoms with Crippen molar-refractivity contribution in [3.05, 3.63) is 0 Å². The lowest BCUT2D eigenvalue weighted by Crippen LogP contribution is -2.10. The van der Waals surface area contributed by atoms with Crippen molar-refractivity contribution in [1.82, 2.24) is 5.32 Å². The molecule has 0 rings (SSSR count). The first-order chi connectivity index (χ1) is 5.31. The molecule has 0 spiro atoms. The van der Waals surface area contributed by atoms with E-state index in [1.165, 1.54) is 7.11 Å². The first-order valence-corrected chi connectivity index (χ1v) is 4.02. The van der Waals surface area contributed by atoms with E-state index in [-0.39, 0.29) is 5.97 Å². The number of carbonyl (C=O) groups is 1. The van der Waals surface area contributed by atoms with Gasteiger partial charge in [0, 0.05) is 6.42 Å². The number of hydrogen-bond acceptors (Lipinski definition) is 3. The summed E-state index contributed by atoms with van der Waals surface area (Å²) in [5, 5.41) is 2.94. The lowest BCUT2D eigenvalue weighted by atomic mass is 10.3. The summed E-state index contributed by atoms with van der Waals surface area (Å²) in [6.45, 7) is 4.87. The molecule has 0 aromatic rings. The largest absolute Gasteiger partial charge is 0.469 e. The Labute approximate surface area is 69.1 Å². The molecule has 0 aromatic heterocycles. The van der Waals surface area contributed by atoms with Gasteiger partial charge in [0.2, 0.25) is 0 Å². The summed E-state index contributed by atoms with van der Waals surface area (Å²) in [6, 6.07) is 0. The van der Waals surface area contributed by atoms with E-state index in [0.29, 0.717) is 6.42 Å². The Balaban J connectivity index is 0. The molecule has 68 valence electrons. The summed E-state index contributed by atoms with van der Waals surface area (Å²) < 4.78 is 4.43. The molecule has 3 nitrogen and oxygen atoms in total. The second-order valence-corrected chi connectivity index (χ2v) is 1.78. The molecular weight excluding hydrogens is 142 g/mol. The molecule has 0 fully saturated rings. The monoisotopic (exact) mass is 161 g/mol. The third kappa shape index (κ3) is 12.6. The normalized spacial score (nSPS) is 8.00. The van der Waals surface area contributed by atoms with Crippen LogP contribution in [0.5, 0.6) is 0 Å². The fraction of sp³-hybridized carbons (Fsp3) is 0.875. The average Bonchev–Trinajstić information content (AvgIpc) is 2.08. The zero-order chi connectivity index (χ0) is 9.11. The van der Waals surface area contributed by atoms with E-state index in [9.17, 15) is 4.79 Å². The van der Waals surface area contributed by atoms with E-state index >= 15 is 0 Å². The minimum atomic E-state index is -0.134. The fourth-order valence-corrected chi connectivity index (χ4v) is 0.512. The minimum Gasteiger partial charge on any atom is -0.469 e. The number of esters is 1. The SMILES string of the molecule is CC.CNCCCC(=O)OC. The number of ether oxygens (including phenoxy) is 1. The maximum atomic E-state index is 10.4. The maximum Gasteiger partial charge on any atom is 0.305 e. The molecule has 0 bridgehead atoms. The van der Waals surface area contributed by atoms with Crippen LogP contribution < -0.4 is 5.32 Å². The standard InChI is InChI=1S/C6H13NO2.C2H6/c1-7-5-3-4-6(8)9-2;1-2/h7H,3-5H2,1-2H3;1-2H3. The van der Waals surface area contributed by atoms with Crippen molar-refractivity contribution in [2.45, 2.75) is 26.7 Å². The number of nitrogens with one attached hydrogen (secondary N) is 1. The van der Waals surface area contributed by atoms with Gasteiger partial charge in [-0.1, -0.05) is 13.8 Å². The molecule has 0 aliphatic heterocycles. The van der Waals surface area contributed by atoms with Crippen LogP contribution in [0.3, 0.4) is 0 Å². The van der Waals surface area contributed by atoms with Crippen LogP contribution in [0, 0.1) is 0 Å². The zero-order valence-corrected chi connectivity index (χ0v) is 7.94. The molecule has 0 aromatic carbocycles. The van der Waals surface area contributed by atoms with E-state index in [1.54, 1.807) is 0 Å². The van der Waals surface area contributed by atoms with Crippen LogP contribution in [0.1, 0.15) is 26.7 Å². The zero-order valence-electron chi connectivity index (χ0n) is 7.94. The maximum absolute atomic E-state index is 10.4. The Bertz CT molecular complexity index is 84.2. The molecule has 0 aliphatic rings. The first-order valence-electron chi connectivity index (χ1n) is 4.02. The highest BCUT2D eigenvalue weighted by atomic mass is 16.5. The molecular formula is C8H19NO2. The summed E-state index contributed by atoms with van der Waals surface area (Å²) in [4.78, 5) is 10.4. The van der Waals surface area contributed by atoms with Crippen molar-refractivity contribution >= 4 is 5.97 Å². The lowest BCUT2D eigenvalue weighted by molar-refractivity contribution is -0.140. The highest BCUT2D eigenvalue weighted by Crippen LogP contribution is 1.88. The Morgan fingerprint density at radius 3 is 2.36 bits per heavy atom. The molecule has 11 heavy (non-hydrogen) atoms. The van der Waals surface area contributed by atoms with E-state index in [0.717, 1.165) is 13.0 Å². The molecule has 0 amide bonds. The van der Waals surface area contributed by atoms with Crippen molar-refractivity contribution in [3.63, 3.8) is 0 Å². The van der Waals surface area contributed by atoms with Gasteiger partial charge in [0.1, 0.15) is 0 Å². The van der Waals surface area contributed by atoms with Crippen molar-refractivity contribution in [2.24, 2.45) is 0 Å². The number of carbonyl (C=O) groups excluding carboxylic acids is 1. The van der Waals surface area contributed by atoms with Gasteiger partial charge in [-0.25, -0.2) is 0 Å². The highest BCUT2D eigenvalue weighted by Gasteiger charge is 1.96. The van der Waals surface area contributed by atoms with Crippen molar-refractivity contribution < 1.29 is 9.53 Å². The van der Waals surface area contributed by atoms with Gasteiger partial charge in [-0.15, -0.1) is 0 Å². The number of rotatable bonds is 4. The molecule has 3 heteroatoms. The molecule has 0 radical (unpaired) electrons. The Morgan fingerprint density at radius 2 is 2.00 bits per heavy atom. The van der Waals surface area contributed by atoms with Crippen molar-refractivity contribution in [1.29, 1.82) is 0 Å². The number of hydrogen-bond donors (Lipinski definition) is 1. The summed E-state index contributed by atoms with van der Waals surface area (Å²) in [6.07, 6.45) is 1.36. The van der Waals surface area contributed by atoms with Crippen LogP contribution in [0.15, 0.2) is 0 Å². The van der Waals surface area contributed by atoms with Gasteiger partial charge < -0.3 is 10.1 Å². The topological polar surface area (TPSA) is 38.3 Å². The van der Waals surface area contributed by atoms with Gasteiger partial charge in [-0.2, -0.15) is 0 Å². The minimum absolute atomic E-state index is 0.134. The Morgan fingerprint density at radius 1 is 1.45 bits per heavy atom. The van der Waals surface area contributed by atoms with Crippen LogP contribution in [-0.4, -0.2) is 26.7 Å². The second kappa shape index (κ2) is 12.1. The molecule has 0 unspecified atom stereocenters. The van der Waals surface area contributed by atoms with Gasteiger partial charge >= 0.3 is 5.97 Å². The lowest BCUT2D eigenvalue weighted by Gasteiger charge is -1.96. The van der Waals surface area contributed by atoms with Gasteiger partial charge in [-0.05, 0) is 20.0 Å². The van der Waals surface area contributed by atoms with Crippen molar-refractivity contribution in [2.75, 3.05) is 20.7 Å². The fourth-order valence-electron chi connectivity index (χ4n) is 0.512. The third-order valence-electron chi connectivity index (χ3n) is 1.04. The molecule has 0 atom stereocenters. The Kier molecular flexibility index (Phi) is 14.4. The molecule has 0 heterocycles. The van der Waals surface area contributed by atoms with Gasteiger partial charge in [0.15, 0.2) is 0 Å². The van der Waals surface area contributed by atoms with Crippen LogP contribution in [-0.2, 0) is 9.53 Å². The van der Waals surface area contributed by atoms with Gasteiger partial charge in [0.05, 0.1) is 7.11 Å². The van der Waals surface area contributed by atoms with Gasteiger partial charge in [-0.3, -0.25) is 4.79 Å². The summed E-state index contributed by atoms with van der Waals surface area (Å²) in [7, 11) is 3.26. The predicted octanol–water partition coefficient (Wildman–Crippen LogP) is 1.19. The quantitative estimate of drug-likeness (QED) is 0.497. The van der Waals surface area contributed by atoms with Crippen molar-refractivity contribution in [3.8, 4) is 0 Å². The second-order valence-electron chi connectivity index (χ2n) is 1.78. The first kappa shape index (κ1) is 13.1. The average molecular weight is 161 g/mol. The number of methoxy groups -OCH3 is 1. The van der Waals surface area contributed by atoms with E-state index < -0.39 is 0 Å². The smallest absolute Gasteiger partial charge is 0.305 e. The molecule has 0 saturated carbocycles.